The lowest BCUT2D eigenvalue weighted by Crippen LogP contribution is -2.66. The molecular weight excluding hydrogens is 497 g/mol. The first-order chi connectivity index (χ1) is 18.2. The Morgan fingerprint density at radius 1 is 1.00 bits per heavy atom. The second kappa shape index (κ2) is 11.4. The van der Waals surface area contributed by atoms with E-state index >= 15 is 0 Å². The van der Waals surface area contributed by atoms with E-state index in [0.29, 0.717) is 62.7 Å². The maximum absolute atomic E-state index is 13.7. The van der Waals surface area contributed by atoms with Gasteiger partial charge in [0.2, 0.25) is 5.91 Å². The molecule has 4 unspecified atom stereocenters. The third-order valence-electron chi connectivity index (χ3n) is 9.15. The van der Waals surface area contributed by atoms with Crippen molar-refractivity contribution >= 4 is 17.6 Å². The molecule has 7 nitrogen and oxygen atoms in total. The highest BCUT2D eigenvalue weighted by atomic mass is 19.4. The average molecular weight is 537 g/mol. The quantitative estimate of drug-likeness (QED) is 0.572. The molecule has 0 aromatic heterocycles. The molecule has 10 heteroatoms. The van der Waals surface area contributed by atoms with Crippen LogP contribution in [0.15, 0.2) is 24.3 Å². The number of piperazine rings is 1. The number of carbonyl (C=O) groups is 2. The maximum Gasteiger partial charge on any atom is 0.416 e. The number of carboxylic acid groups (broad SMARTS) is 1. The third kappa shape index (κ3) is 5.96. The predicted octanol–water partition coefficient (Wildman–Crippen LogP) is 3.78. The Labute approximate surface area is 222 Å². The Bertz CT molecular complexity index is 996. The molecule has 0 aliphatic carbocycles. The van der Waals surface area contributed by atoms with Gasteiger partial charge in [0.1, 0.15) is 0 Å². The summed E-state index contributed by atoms with van der Waals surface area (Å²) in [4.78, 5) is 33.7. The zero-order chi connectivity index (χ0) is 26.9. The topological polar surface area (TPSA) is 67.3 Å². The summed E-state index contributed by atoms with van der Waals surface area (Å²) in [6.07, 6.45) is 1.58. The number of carboxylic acids is 1. The van der Waals surface area contributed by atoms with Gasteiger partial charge in [-0.15, -0.1) is 0 Å². The van der Waals surface area contributed by atoms with Crippen LogP contribution in [0, 0.1) is 11.8 Å². The van der Waals surface area contributed by atoms with Gasteiger partial charge >= 0.3 is 12.1 Å². The third-order valence-corrected chi connectivity index (χ3v) is 9.15. The van der Waals surface area contributed by atoms with E-state index in [1.807, 2.05) is 4.90 Å². The Balaban J connectivity index is 1.23. The number of nitrogens with zero attached hydrogens (tertiary/aromatic N) is 4. The summed E-state index contributed by atoms with van der Waals surface area (Å²) >= 11 is 0. The fourth-order valence-corrected chi connectivity index (χ4v) is 7.44. The number of rotatable bonds is 7. The van der Waals surface area contributed by atoms with Gasteiger partial charge in [0.05, 0.1) is 12.1 Å². The van der Waals surface area contributed by atoms with Crippen molar-refractivity contribution in [3.05, 3.63) is 29.8 Å². The Kier molecular flexibility index (Phi) is 8.19. The van der Waals surface area contributed by atoms with Crippen LogP contribution in [0.5, 0.6) is 0 Å². The van der Waals surface area contributed by atoms with Gasteiger partial charge < -0.3 is 14.9 Å². The van der Waals surface area contributed by atoms with E-state index in [9.17, 15) is 27.9 Å². The molecule has 1 amide bonds. The normalized spacial score (nSPS) is 28.7. The second-order valence-corrected chi connectivity index (χ2v) is 11.4. The molecule has 5 rings (SSSR count). The molecule has 0 bridgehead atoms. The number of benzene rings is 1. The molecule has 38 heavy (non-hydrogen) atoms. The summed E-state index contributed by atoms with van der Waals surface area (Å²) in [6, 6.07) is 6.03. The van der Waals surface area contributed by atoms with Crippen LogP contribution in [-0.2, 0) is 15.8 Å². The minimum absolute atomic E-state index is 0.0791. The van der Waals surface area contributed by atoms with Crippen LogP contribution in [0.4, 0.5) is 18.9 Å². The van der Waals surface area contributed by atoms with Gasteiger partial charge in [0.15, 0.2) is 0 Å². The van der Waals surface area contributed by atoms with Gasteiger partial charge in [-0.25, -0.2) is 0 Å². The summed E-state index contributed by atoms with van der Waals surface area (Å²) in [5.74, 6) is 0.196. The van der Waals surface area contributed by atoms with E-state index in [1.54, 1.807) is 6.07 Å². The zero-order valence-corrected chi connectivity index (χ0v) is 21.9. The Hall–Kier alpha value is -2.33. The standard InChI is InChI=1S/C28H39F3N4O3/c29-28(30,31)21-6-1-7-22(17-21)33-15-13-32(14-16-33)19-25(36)35-18-20-5-3-11-34-12-4-8-23(27(20)34)24(35)9-2-10-26(37)38/h1,6-7,17,20,23-24,27H,2-5,8-16,18-19H2,(H,37,38). The minimum Gasteiger partial charge on any atom is -0.481 e. The van der Waals surface area contributed by atoms with Crippen LogP contribution >= 0.6 is 0 Å². The van der Waals surface area contributed by atoms with E-state index in [-0.39, 0.29) is 18.4 Å². The largest absolute Gasteiger partial charge is 0.481 e. The molecule has 4 fully saturated rings. The molecule has 4 heterocycles. The van der Waals surface area contributed by atoms with Crippen LogP contribution in [-0.4, -0.2) is 96.1 Å². The highest BCUT2D eigenvalue weighted by molar-refractivity contribution is 5.79. The molecule has 1 aromatic carbocycles. The number of alkyl halides is 3. The number of piperidine rings is 3. The van der Waals surface area contributed by atoms with Gasteiger partial charge in [0.25, 0.3) is 0 Å². The van der Waals surface area contributed by atoms with E-state index in [0.717, 1.165) is 57.8 Å². The molecular formula is C28H39F3N4O3. The first-order valence-corrected chi connectivity index (χ1v) is 14.1. The number of hydrogen-bond acceptors (Lipinski definition) is 5. The number of likely N-dealkylation sites (tertiary alicyclic amines) is 1. The monoisotopic (exact) mass is 536 g/mol. The molecule has 0 spiro atoms. The summed E-state index contributed by atoms with van der Waals surface area (Å²) in [6.45, 7) is 5.68. The minimum atomic E-state index is -4.37. The van der Waals surface area contributed by atoms with E-state index < -0.39 is 17.7 Å². The number of amides is 1. The fourth-order valence-electron chi connectivity index (χ4n) is 7.44. The van der Waals surface area contributed by atoms with E-state index in [4.69, 9.17) is 0 Å². The predicted molar refractivity (Wildman–Crippen MR) is 138 cm³/mol. The van der Waals surface area contributed by atoms with Gasteiger partial charge in [-0.2, -0.15) is 13.2 Å². The number of aliphatic carboxylic acids is 1. The van der Waals surface area contributed by atoms with Crippen molar-refractivity contribution in [2.75, 3.05) is 57.3 Å². The molecule has 1 N–H and O–H groups in total. The van der Waals surface area contributed by atoms with Crippen LogP contribution in [0.2, 0.25) is 0 Å². The van der Waals surface area contributed by atoms with Gasteiger partial charge in [-0.05, 0) is 81.6 Å². The lowest BCUT2D eigenvalue weighted by molar-refractivity contribution is -0.147. The molecule has 4 aliphatic heterocycles. The van der Waals surface area contributed by atoms with Gasteiger partial charge in [0, 0.05) is 56.9 Å². The number of hydrogen-bond donors (Lipinski definition) is 1. The summed E-state index contributed by atoms with van der Waals surface area (Å²) in [5, 5.41) is 9.20. The smallest absolute Gasteiger partial charge is 0.416 e. The highest BCUT2D eigenvalue weighted by Crippen LogP contribution is 2.43. The summed E-state index contributed by atoms with van der Waals surface area (Å²) < 4.78 is 39.4. The van der Waals surface area contributed by atoms with Crippen molar-refractivity contribution < 1.29 is 27.9 Å². The van der Waals surface area contributed by atoms with Crippen molar-refractivity contribution in [1.82, 2.24) is 14.7 Å². The molecule has 210 valence electrons. The van der Waals surface area contributed by atoms with Gasteiger partial charge in [-0.3, -0.25) is 19.4 Å². The Morgan fingerprint density at radius 2 is 1.74 bits per heavy atom. The van der Waals surface area contributed by atoms with Crippen molar-refractivity contribution in [3.8, 4) is 0 Å². The van der Waals surface area contributed by atoms with Crippen LogP contribution < -0.4 is 4.90 Å². The van der Waals surface area contributed by atoms with Crippen molar-refractivity contribution in [2.24, 2.45) is 11.8 Å². The molecule has 0 saturated carbocycles. The van der Waals surface area contributed by atoms with E-state index in [2.05, 4.69) is 14.7 Å². The van der Waals surface area contributed by atoms with Crippen molar-refractivity contribution in [2.45, 2.75) is 63.2 Å². The van der Waals surface area contributed by atoms with Crippen LogP contribution in [0.3, 0.4) is 0 Å². The molecule has 4 atom stereocenters. The molecule has 4 aliphatic rings. The summed E-state index contributed by atoms with van der Waals surface area (Å²) in [5.41, 5.74) is -0.0838. The zero-order valence-electron chi connectivity index (χ0n) is 21.9. The van der Waals surface area contributed by atoms with Crippen LogP contribution in [0.1, 0.15) is 50.5 Å². The SMILES string of the molecule is O=C(O)CCCC1C2CCCN3CCCC(CN1C(=O)CN1CCN(c4cccc(C(F)(F)F)c4)CC1)C23. The fraction of sp³-hybridized carbons (Fsp3) is 0.714. The van der Waals surface area contributed by atoms with Crippen molar-refractivity contribution in [1.29, 1.82) is 0 Å². The molecule has 1 aromatic rings. The second-order valence-electron chi connectivity index (χ2n) is 11.4. The Morgan fingerprint density at radius 3 is 2.45 bits per heavy atom. The highest BCUT2D eigenvalue weighted by Gasteiger charge is 2.49. The van der Waals surface area contributed by atoms with Crippen LogP contribution in [0.25, 0.3) is 0 Å². The maximum atomic E-state index is 13.7. The lowest BCUT2D eigenvalue weighted by atomic mass is 9.69. The van der Waals surface area contributed by atoms with Gasteiger partial charge in [-0.1, -0.05) is 6.07 Å². The lowest BCUT2D eigenvalue weighted by Gasteiger charge is -2.57. The van der Waals surface area contributed by atoms with E-state index in [1.165, 1.54) is 12.1 Å². The number of halogens is 3. The summed E-state index contributed by atoms with van der Waals surface area (Å²) in [7, 11) is 0. The first kappa shape index (κ1) is 27.2. The number of carbonyl (C=O) groups excluding carboxylic acids is 1. The molecule has 4 saturated heterocycles. The average Bonchev–Trinajstić information content (AvgIpc) is 2.90. The first-order valence-electron chi connectivity index (χ1n) is 14.1. The molecule has 0 radical (unpaired) electrons. The number of anilines is 1. The van der Waals surface area contributed by atoms with Crippen molar-refractivity contribution in [3.63, 3.8) is 0 Å².